The molecule has 0 fully saturated rings. The molecule has 1 heterocycles. The molecule has 2 aromatic carbocycles. The number of hydrogen-bond acceptors (Lipinski definition) is 6. The number of anilines is 4. The Morgan fingerprint density at radius 3 is 2.39 bits per heavy atom. The molecule has 3 aromatic rings. The van der Waals surface area contributed by atoms with Crippen molar-refractivity contribution in [2.45, 2.75) is 13.8 Å². The van der Waals surface area contributed by atoms with Gasteiger partial charge in [0.2, 0.25) is 0 Å². The number of aromatic carboxylic acids is 1. The topological polar surface area (TPSA) is 115 Å². The third-order valence-electron chi connectivity index (χ3n) is 4.93. The summed E-state index contributed by atoms with van der Waals surface area (Å²) in [4.78, 5) is 18.2. The van der Waals surface area contributed by atoms with Gasteiger partial charge in [0, 0.05) is 42.4 Å². The Balaban J connectivity index is 2.25. The van der Waals surface area contributed by atoms with E-state index in [1.807, 2.05) is 69.2 Å². The van der Waals surface area contributed by atoms with Gasteiger partial charge in [0.1, 0.15) is 5.82 Å². The van der Waals surface area contributed by atoms with Crippen LogP contribution in [-0.2, 0) is 0 Å². The number of nitrogens with zero attached hydrogens (tertiary/aromatic N) is 2. The normalized spacial score (nSPS) is 10.7. The standard InChI is InChI=1S/C24H27N5O2/c1-14(2)22(26)21-19(15-8-10-16(25)11-9-15)13-20(24(30)31)28-23(21)27-17-6-5-7-18(12-17)29(3)4/h5-14,26H,25H2,1-4H3,(H,27,28)(H,30,31). The average Bonchev–Trinajstić information content (AvgIpc) is 2.73. The molecule has 0 saturated carbocycles. The highest BCUT2D eigenvalue weighted by molar-refractivity contribution is 6.10. The van der Waals surface area contributed by atoms with E-state index in [2.05, 4.69) is 10.3 Å². The minimum atomic E-state index is -1.13. The van der Waals surface area contributed by atoms with Gasteiger partial charge in [-0.2, -0.15) is 0 Å². The van der Waals surface area contributed by atoms with E-state index >= 15 is 0 Å². The van der Waals surface area contributed by atoms with Crippen molar-refractivity contribution in [3.05, 3.63) is 65.9 Å². The zero-order valence-electron chi connectivity index (χ0n) is 18.1. The number of carboxylic acids is 1. The van der Waals surface area contributed by atoms with Crippen LogP contribution >= 0.6 is 0 Å². The molecule has 7 nitrogen and oxygen atoms in total. The summed E-state index contributed by atoms with van der Waals surface area (Å²) in [5.41, 5.74) is 10.4. The summed E-state index contributed by atoms with van der Waals surface area (Å²) in [6.45, 7) is 3.85. The summed E-state index contributed by atoms with van der Waals surface area (Å²) in [6.07, 6.45) is 0. The van der Waals surface area contributed by atoms with Gasteiger partial charge in [0.15, 0.2) is 5.69 Å². The number of carboxylic acid groups (broad SMARTS) is 1. The Hall–Kier alpha value is -3.87. The van der Waals surface area contributed by atoms with E-state index in [1.165, 1.54) is 6.07 Å². The zero-order valence-corrected chi connectivity index (χ0v) is 18.1. The van der Waals surface area contributed by atoms with Gasteiger partial charge in [0.05, 0.1) is 0 Å². The van der Waals surface area contributed by atoms with E-state index in [-0.39, 0.29) is 11.6 Å². The average molecular weight is 418 g/mol. The molecule has 1 aromatic heterocycles. The van der Waals surface area contributed by atoms with Gasteiger partial charge in [-0.05, 0) is 53.4 Å². The molecule has 3 rings (SSSR count). The second kappa shape index (κ2) is 8.87. The number of benzene rings is 2. The highest BCUT2D eigenvalue weighted by Gasteiger charge is 2.22. The summed E-state index contributed by atoms with van der Waals surface area (Å²) in [7, 11) is 3.89. The molecular weight excluding hydrogens is 390 g/mol. The molecule has 5 N–H and O–H groups in total. The first-order valence-electron chi connectivity index (χ1n) is 9.95. The Morgan fingerprint density at radius 1 is 1.13 bits per heavy atom. The third kappa shape index (κ3) is 4.83. The summed E-state index contributed by atoms with van der Waals surface area (Å²) >= 11 is 0. The minimum absolute atomic E-state index is 0.0846. The molecule has 0 aliphatic heterocycles. The Kier molecular flexibility index (Phi) is 6.25. The maximum Gasteiger partial charge on any atom is 0.354 e. The van der Waals surface area contributed by atoms with Crippen molar-refractivity contribution in [1.29, 1.82) is 5.41 Å². The van der Waals surface area contributed by atoms with E-state index in [1.54, 1.807) is 12.1 Å². The largest absolute Gasteiger partial charge is 0.477 e. The summed E-state index contributed by atoms with van der Waals surface area (Å²) in [6, 6.07) is 16.4. The highest BCUT2D eigenvalue weighted by atomic mass is 16.4. The number of hydrogen-bond donors (Lipinski definition) is 4. The molecule has 0 spiro atoms. The molecule has 0 amide bonds. The smallest absolute Gasteiger partial charge is 0.354 e. The lowest BCUT2D eigenvalue weighted by molar-refractivity contribution is 0.0690. The minimum Gasteiger partial charge on any atom is -0.477 e. The Labute approximate surface area is 182 Å². The quantitative estimate of drug-likeness (QED) is 0.322. The SMILES string of the molecule is CC(C)C(=N)c1c(-c2ccc(N)cc2)cc(C(=O)O)nc1Nc1cccc(N(C)C)c1. The number of nitrogens with two attached hydrogens (primary N) is 1. The van der Waals surface area contributed by atoms with E-state index in [0.717, 1.165) is 16.9 Å². The molecule has 0 aliphatic carbocycles. The van der Waals surface area contributed by atoms with Gasteiger partial charge in [-0.25, -0.2) is 9.78 Å². The van der Waals surface area contributed by atoms with Crippen molar-refractivity contribution >= 4 is 34.6 Å². The van der Waals surface area contributed by atoms with Crippen molar-refractivity contribution < 1.29 is 9.90 Å². The lowest BCUT2D eigenvalue weighted by Gasteiger charge is -2.20. The van der Waals surface area contributed by atoms with Crippen LogP contribution in [0.4, 0.5) is 22.9 Å². The lowest BCUT2D eigenvalue weighted by Crippen LogP contribution is -2.16. The molecule has 0 saturated heterocycles. The monoisotopic (exact) mass is 417 g/mol. The molecular formula is C24H27N5O2. The van der Waals surface area contributed by atoms with Crippen LogP contribution in [0.1, 0.15) is 29.9 Å². The molecule has 160 valence electrons. The third-order valence-corrected chi connectivity index (χ3v) is 4.93. The van der Waals surface area contributed by atoms with Crippen LogP contribution in [0, 0.1) is 11.3 Å². The summed E-state index contributed by atoms with van der Waals surface area (Å²) in [5, 5.41) is 21.7. The zero-order chi connectivity index (χ0) is 22.7. The van der Waals surface area contributed by atoms with Crippen LogP contribution in [0.3, 0.4) is 0 Å². The molecule has 31 heavy (non-hydrogen) atoms. The van der Waals surface area contributed by atoms with Gasteiger partial charge in [-0.3, -0.25) is 0 Å². The van der Waals surface area contributed by atoms with Crippen LogP contribution in [0.25, 0.3) is 11.1 Å². The van der Waals surface area contributed by atoms with E-state index in [4.69, 9.17) is 11.1 Å². The van der Waals surface area contributed by atoms with Crippen LogP contribution in [0.2, 0.25) is 0 Å². The first-order chi connectivity index (χ1) is 14.7. The van der Waals surface area contributed by atoms with Gasteiger partial charge < -0.3 is 26.5 Å². The number of nitrogens with one attached hydrogen (secondary N) is 2. The molecule has 0 atom stereocenters. The second-order valence-electron chi connectivity index (χ2n) is 7.84. The fourth-order valence-electron chi connectivity index (χ4n) is 3.20. The second-order valence-corrected chi connectivity index (χ2v) is 7.84. The van der Waals surface area contributed by atoms with Crippen LogP contribution in [0.15, 0.2) is 54.6 Å². The van der Waals surface area contributed by atoms with E-state index in [9.17, 15) is 9.90 Å². The molecule has 0 bridgehead atoms. The Bertz CT molecular complexity index is 1120. The number of pyridine rings is 1. The lowest BCUT2D eigenvalue weighted by atomic mass is 9.91. The van der Waals surface area contributed by atoms with Crippen molar-refractivity contribution in [3.63, 3.8) is 0 Å². The summed E-state index contributed by atoms with van der Waals surface area (Å²) < 4.78 is 0. The predicted octanol–water partition coefficient (Wildman–Crippen LogP) is 4.86. The molecule has 0 aliphatic rings. The predicted molar refractivity (Wildman–Crippen MR) is 127 cm³/mol. The molecule has 0 radical (unpaired) electrons. The maximum absolute atomic E-state index is 11.8. The van der Waals surface area contributed by atoms with Crippen molar-refractivity contribution in [2.75, 3.05) is 30.0 Å². The maximum atomic E-state index is 11.8. The summed E-state index contributed by atoms with van der Waals surface area (Å²) in [5.74, 6) is -0.885. The van der Waals surface area contributed by atoms with E-state index in [0.29, 0.717) is 28.3 Å². The van der Waals surface area contributed by atoms with Crippen LogP contribution < -0.4 is 16.0 Å². The van der Waals surface area contributed by atoms with Crippen LogP contribution in [0.5, 0.6) is 0 Å². The van der Waals surface area contributed by atoms with Crippen molar-refractivity contribution in [1.82, 2.24) is 4.98 Å². The Morgan fingerprint density at radius 2 is 1.81 bits per heavy atom. The van der Waals surface area contributed by atoms with E-state index < -0.39 is 5.97 Å². The van der Waals surface area contributed by atoms with Crippen LogP contribution in [-0.4, -0.2) is 35.9 Å². The van der Waals surface area contributed by atoms with Gasteiger partial charge in [0.25, 0.3) is 0 Å². The molecule has 7 heteroatoms. The first-order valence-corrected chi connectivity index (χ1v) is 9.95. The van der Waals surface area contributed by atoms with Crippen molar-refractivity contribution in [2.24, 2.45) is 5.92 Å². The number of aromatic nitrogens is 1. The fourth-order valence-corrected chi connectivity index (χ4v) is 3.20. The first kappa shape index (κ1) is 21.8. The fraction of sp³-hybridized carbons (Fsp3) is 0.208. The molecule has 0 unspecified atom stereocenters. The van der Waals surface area contributed by atoms with Gasteiger partial charge >= 0.3 is 5.97 Å². The number of carbonyl (C=O) groups is 1. The number of nitrogen functional groups attached to an aromatic ring is 1. The number of rotatable bonds is 7. The van der Waals surface area contributed by atoms with Gasteiger partial charge in [-0.15, -0.1) is 0 Å². The van der Waals surface area contributed by atoms with Gasteiger partial charge in [-0.1, -0.05) is 32.0 Å². The van der Waals surface area contributed by atoms with Crippen molar-refractivity contribution in [3.8, 4) is 11.1 Å². The highest BCUT2D eigenvalue weighted by Crippen LogP contribution is 2.34.